The van der Waals surface area contributed by atoms with Crippen molar-refractivity contribution in [3.8, 4) is 5.75 Å². The van der Waals surface area contributed by atoms with Crippen LogP contribution < -0.4 is 102 Å². The number of nitrogens with one attached hydrogen (secondary N) is 16. The molecule has 0 radical (unpaired) electrons. The van der Waals surface area contributed by atoms with E-state index in [-0.39, 0.29) is 25.0 Å². The van der Waals surface area contributed by atoms with E-state index >= 15 is 0 Å². The second kappa shape index (κ2) is 49.5. The first-order chi connectivity index (χ1) is 54.2. The molecule has 0 saturated carbocycles. The van der Waals surface area contributed by atoms with Gasteiger partial charge in [0.15, 0.2) is 0 Å². The van der Waals surface area contributed by atoms with Gasteiger partial charge in [0.05, 0.1) is 25.7 Å². The van der Waals surface area contributed by atoms with Gasteiger partial charge in [0.1, 0.15) is 102 Å². The highest BCUT2D eigenvalue weighted by molar-refractivity contribution is 6.02. The van der Waals surface area contributed by atoms with Crippen molar-refractivity contribution in [2.24, 2.45) is 29.0 Å². The molecule has 117 heavy (non-hydrogen) atoms. The van der Waals surface area contributed by atoms with Gasteiger partial charge in [-0.2, -0.15) is 0 Å². The van der Waals surface area contributed by atoms with Crippen molar-refractivity contribution in [1.29, 1.82) is 0 Å². The van der Waals surface area contributed by atoms with E-state index < -0.39 is 296 Å². The molecule has 19 amide bonds. The molecule has 0 fully saturated rings. The fourth-order valence-corrected chi connectivity index (χ4v) is 10.4. The number of hydrogen-bond donors (Lipinski definition) is 24. The lowest BCUT2D eigenvalue weighted by Gasteiger charge is -2.28. The van der Waals surface area contributed by atoms with Crippen LogP contribution in [0.3, 0.4) is 0 Å². The number of rotatable bonds is 52. The Morgan fingerprint density at radius 2 is 0.487 bits per heavy atom. The van der Waals surface area contributed by atoms with Gasteiger partial charge in [0.25, 0.3) is 0 Å². The molecule has 1 rings (SSSR count). The standard InChI is InChI=1S/C70H107N19O28/c1-28(2)21-43(68(115)88-46(25-52(96)97)66(113)79-35(10)59(106)81-40(17-19-49(71)92)63(110)87-45(24-51(94)95)65(112)78-32(7)58(105)76-33(8)60(107)83-42(55(73)102)23-38-13-15-39(91)16-14-38)84-62(109)36(11)80-67(114)47(26-53(98)99)89-69(116)44(22-29(3)4)86-64(111)41(18-20-50(72)93)82-70(117)48(27-54(100)101)85-61(108)34(9)77-57(104)31(6)75-56(103)30(5)74-37(12)90/h13-16,28-36,40-48,91H,17-27H2,1-12H3,(H2,71,92)(H2,72,93)(H2,73,102)(H,74,90)(H,75,103)(H,76,105)(H,77,104)(H,78,112)(H,79,113)(H,80,114)(H,81,106)(H,82,117)(H,83,107)(H,84,109)(H,85,108)(H,86,111)(H,87,110)(H,88,115)(H,89,116)(H,94,95)(H,96,97)(H,98,99)(H,100,101)/t30-,31-,32-,33-,34-,35-,36-,40-,41-,42-,43-,44-,45-,46-,47-,48-/m0/s1. The maximum Gasteiger partial charge on any atom is 0.305 e. The summed E-state index contributed by atoms with van der Waals surface area (Å²) >= 11 is 0. The van der Waals surface area contributed by atoms with E-state index in [4.69, 9.17) is 17.2 Å². The highest BCUT2D eigenvalue weighted by Crippen LogP contribution is 2.14. The van der Waals surface area contributed by atoms with E-state index in [1.165, 1.54) is 45.0 Å². The van der Waals surface area contributed by atoms with Crippen molar-refractivity contribution in [3.05, 3.63) is 29.8 Å². The minimum Gasteiger partial charge on any atom is -0.508 e. The summed E-state index contributed by atoms with van der Waals surface area (Å²) in [6.45, 7) is 15.5. The number of carbonyl (C=O) groups is 23. The first-order valence-corrected chi connectivity index (χ1v) is 36.6. The highest BCUT2D eigenvalue weighted by Gasteiger charge is 2.39. The van der Waals surface area contributed by atoms with E-state index in [0.29, 0.717) is 5.56 Å². The molecule has 0 aliphatic rings. The maximum atomic E-state index is 14.1. The minimum absolute atomic E-state index is 0.0751. The van der Waals surface area contributed by atoms with Crippen LogP contribution in [0, 0.1) is 11.8 Å². The lowest BCUT2D eigenvalue weighted by molar-refractivity contribution is -0.142. The number of aromatic hydroxyl groups is 1. The Morgan fingerprint density at radius 1 is 0.282 bits per heavy atom. The Labute approximate surface area is 669 Å². The average molecular weight is 1660 g/mol. The van der Waals surface area contributed by atoms with Crippen LogP contribution in [-0.2, 0) is 117 Å². The van der Waals surface area contributed by atoms with Gasteiger partial charge in [-0.15, -0.1) is 0 Å². The Hall–Kier alpha value is -13.2. The second-order valence-corrected chi connectivity index (χ2v) is 28.3. The summed E-state index contributed by atoms with van der Waals surface area (Å²) in [5, 5.41) is 84.3. The summed E-state index contributed by atoms with van der Waals surface area (Å²) in [5.74, 6) is -29.1. The maximum absolute atomic E-state index is 14.1. The smallest absolute Gasteiger partial charge is 0.305 e. The normalized spacial score (nSPS) is 15.0. The molecule has 0 spiro atoms. The fraction of sp³-hybridized carbons (Fsp3) is 0.586. The number of aliphatic carboxylic acids is 4. The SMILES string of the molecule is CC(=O)N[C@@H](C)C(=O)N[C@@H](C)C(=O)N[C@@H](C)C(=O)N[C@@H](CC(=O)O)C(=O)N[C@@H](CCC(N)=O)C(=O)N[C@@H](CC(C)C)C(=O)N[C@@H](CC(=O)O)C(=O)N[C@@H](C)C(=O)N[C@@H](CC(C)C)C(=O)N[C@@H](CC(=O)O)C(=O)N[C@@H](C)C(=O)N[C@@H](CCC(N)=O)C(=O)N[C@@H](CC(=O)O)C(=O)N[C@@H](C)C(=O)N[C@@H](C)C(=O)N[C@@H](Cc1ccc(O)cc1)C(N)=O. The van der Waals surface area contributed by atoms with Gasteiger partial charge < -0.3 is 128 Å². The average Bonchev–Trinajstić information content (AvgIpc) is 0.859. The number of phenols is 1. The number of benzene rings is 1. The van der Waals surface area contributed by atoms with E-state index in [9.17, 15) is 136 Å². The predicted octanol–water partition coefficient (Wildman–Crippen LogP) is -9.14. The number of carboxylic acid groups (broad SMARTS) is 4. The lowest BCUT2D eigenvalue weighted by atomic mass is 10.0. The molecule has 0 heterocycles. The monoisotopic (exact) mass is 1660 g/mol. The third-order valence-corrected chi connectivity index (χ3v) is 16.7. The van der Waals surface area contributed by atoms with E-state index in [1.54, 1.807) is 27.7 Å². The number of amides is 19. The molecule has 0 unspecified atom stereocenters. The van der Waals surface area contributed by atoms with Gasteiger partial charge in [-0.05, 0) is 104 Å². The largest absolute Gasteiger partial charge is 0.508 e. The summed E-state index contributed by atoms with van der Waals surface area (Å²) in [7, 11) is 0. The van der Waals surface area contributed by atoms with Crippen molar-refractivity contribution < 1.29 is 136 Å². The number of nitrogens with two attached hydrogens (primary N) is 3. The Kier molecular flexibility index (Phi) is 43.0. The predicted molar refractivity (Wildman–Crippen MR) is 402 cm³/mol. The zero-order valence-corrected chi connectivity index (χ0v) is 66.3. The van der Waals surface area contributed by atoms with Crippen LogP contribution in [-0.4, -0.2) is 258 Å². The number of primary amides is 3. The number of carbonyl (C=O) groups excluding carboxylic acids is 19. The first kappa shape index (κ1) is 102. The van der Waals surface area contributed by atoms with Crippen molar-refractivity contribution in [2.45, 2.75) is 250 Å². The third-order valence-electron chi connectivity index (χ3n) is 16.7. The molecule has 1 aromatic rings. The molecular weight excluding hydrogens is 1550 g/mol. The van der Waals surface area contributed by atoms with Crippen LogP contribution in [0.25, 0.3) is 0 Å². The van der Waals surface area contributed by atoms with Crippen molar-refractivity contribution in [2.75, 3.05) is 0 Å². The Bertz CT molecular complexity index is 3840. The van der Waals surface area contributed by atoms with Gasteiger partial charge in [-0.1, -0.05) is 39.8 Å². The van der Waals surface area contributed by atoms with Crippen LogP contribution in [0.4, 0.5) is 0 Å². The van der Waals surface area contributed by atoms with Crippen LogP contribution in [0.1, 0.15) is 153 Å². The topological polar surface area (TPSA) is 764 Å². The molecule has 0 aliphatic carbocycles. The highest BCUT2D eigenvalue weighted by atomic mass is 16.4. The summed E-state index contributed by atoms with van der Waals surface area (Å²) in [5.41, 5.74) is 16.6. The Morgan fingerprint density at radius 3 is 0.752 bits per heavy atom. The van der Waals surface area contributed by atoms with Gasteiger partial charge in [-0.3, -0.25) is 110 Å². The van der Waals surface area contributed by atoms with Crippen LogP contribution in [0.5, 0.6) is 5.75 Å². The second-order valence-electron chi connectivity index (χ2n) is 28.3. The molecule has 0 bridgehead atoms. The Balaban J connectivity index is 3.38. The summed E-state index contributed by atoms with van der Waals surface area (Å²) < 4.78 is 0. The number of hydrogen-bond acceptors (Lipinski definition) is 24. The molecular formula is C70H107N19O28. The van der Waals surface area contributed by atoms with Gasteiger partial charge in [-0.25, -0.2) is 0 Å². The zero-order valence-electron chi connectivity index (χ0n) is 66.3. The molecule has 0 aromatic heterocycles. The third kappa shape index (κ3) is 39.4. The zero-order chi connectivity index (χ0) is 89.7. The van der Waals surface area contributed by atoms with Crippen LogP contribution in [0.2, 0.25) is 0 Å². The number of carboxylic acids is 4. The van der Waals surface area contributed by atoms with Crippen molar-refractivity contribution >= 4 is 136 Å². The van der Waals surface area contributed by atoms with Crippen LogP contribution in [0.15, 0.2) is 24.3 Å². The molecule has 27 N–H and O–H groups in total. The summed E-state index contributed by atoms with van der Waals surface area (Å²) in [6, 6.07) is -21.4. The summed E-state index contributed by atoms with van der Waals surface area (Å²) in [6.07, 6.45) is -7.93. The molecule has 0 saturated heterocycles. The van der Waals surface area contributed by atoms with E-state index in [0.717, 1.165) is 34.6 Å². The first-order valence-electron chi connectivity index (χ1n) is 36.6. The van der Waals surface area contributed by atoms with Crippen LogP contribution >= 0.6 is 0 Å². The van der Waals surface area contributed by atoms with E-state index in [1.807, 2.05) is 0 Å². The summed E-state index contributed by atoms with van der Waals surface area (Å²) in [4.78, 5) is 299. The molecule has 650 valence electrons. The van der Waals surface area contributed by atoms with Gasteiger partial charge in [0, 0.05) is 26.2 Å². The fourth-order valence-electron chi connectivity index (χ4n) is 10.4. The molecule has 16 atom stereocenters. The van der Waals surface area contributed by atoms with Crippen molar-refractivity contribution in [1.82, 2.24) is 85.1 Å². The van der Waals surface area contributed by atoms with Crippen molar-refractivity contribution in [3.63, 3.8) is 0 Å². The molecule has 47 nitrogen and oxygen atoms in total. The van der Waals surface area contributed by atoms with Gasteiger partial charge >= 0.3 is 23.9 Å². The number of phenolic OH excluding ortho intramolecular Hbond substituents is 1. The van der Waals surface area contributed by atoms with Gasteiger partial charge in [0.2, 0.25) is 112 Å². The molecule has 1 aromatic carbocycles. The quantitative estimate of drug-likeness (QED) is 0.0288. The van der Waals surface area contributed by atoms with E-state index in [2.05, 4.69) is 85.1 Å². The minimum atomic E-state index is -2.08. The lowest BCUT2D eigenvalue weighted by Crippen LogP contribution is -2.61. The molecule has 0 aliphatic heterocycles. The molecule has 47 heteroatoms.